The maximum atomic E-state index is 12.1. The van der Waals surface area contributed by atoms with Gasteiger partial charge in [0.05, 0.1) is 5.69 Å². The number of hydrogen-bond acceptors (Lipinski definition) is 4. The van der Waals surface area contributed by atoms with Gasteiger partial charge in [-0.2, -0.15) is 0 Å². The Kier molecular flexibility index (Phi) is 6.38. The molecule has 3 amide bonds. The van der Waals surface area contributed by atoms with Crippen LogP contribution in [0.1, 0.15) is 50.6 Å². The van der Waals surface area contributed by atoms with E-state index >= 15 is 0 Å². The summed E-state index contributed by atoms with van der Waals surface area (Å²) in [5, 5.41) is 6.43. The van der Waals surface area contributed by atoms with Crippen molar-refractivity contribution in [2.75, 3.05) is 18.4 Å². The Hall–Kier alpha value is -1.63. The van der Waals surface area contributed by atoms with E-state index in [0.717, 1.165) is 37.9 Å². The SMILES string of the molecule is CCCc1nc(NC(=O)N[C@H]2CCN(C(=O)CC)C2)sc1CC. The smallest absolute Gasteiger partial charge is 0.321 e. The summed E-state index contributed by atoms with van der Waals surface area (Å²) in [5.74, 6) is 0.145. The molecule has 1 aliphatic rings. The van der Waals surface area contributed by atoms with Gasteiger partial charge in [0, 0.05) is 30.4 Å². The first-order valence-corrected chi connectivity index (χ1v) is 9.22. The van der Waals surface area contributed by atoms with E-state index in [0.29, 0.717) is 18.1 Å². The molecule has 1 atom stereocenters. The van der Waals surface area contributed by atoms with Crippen LogP contribution in [0.4, 0.5) is 9.93 Å². The first-order chi connectivity index (χ1) is 11.1. The molecule has 0 radical (unpaired) electrons. The number of rotatable bonds is 6. The first-order valence-electron chi connectivity index (χ1n) is 8.41. The van der Waals surface area contributed by atoms with Crippen molar-refractivity contribution in [1.29, 1.82) is 0 Å². The molecule has 0 aromatic carbocycles. The zero-order chi connectivity index (χ0) is 16.8. The monoisotopic (exact) mass is 338 g/mol. The number of urea groups is 1. The molecule has 1 aliphatic heterocycles. The van der Waals surface area contributed by atoms with Crippen LogP contribution in [-0.4, -0.2) is 41.0 Å². The van der Waals surface area contributed by atoms with Gasteiger partial charge in [0.1, 0.15) is 0 Å². The van der Waals surface area contributed by atoms with Crippen LogP contribution in [0.5, 0.6) is 0 Å². The fourth-order valence-corrected chi connectivity index (χ4v) is 3.73. The molecule has 23 heavy (non-hydrogen) atoms. The Balaban J connectivity index is 1.87. The normalized spacial score (nSPS) is 17.3. The van der Waals surface area contributed by atoms with Gasteiger partial charge in [-0.1, -0.05) is 27.2 Å². The Morgan fingerprint density at radius 2 is 2.13 bits per heavy atom. The lowest BCUT2D eigenvalue weighted by atomic mass is 10.2. The molecule has 0 spiro atoms. The highest BCUT2D eigenvalue weighted by molar-refractivity contribution is 7.15. The van der Waals surface area contributed by atoms with Crippen molar-refractivity contribution in [3.05, 3.63) is 10.6 Å². The van der Waals surface area contributed by atoms with Gasteiger partial charge < -0.3 is 10.2 Å². The predicted octanol–water partition coefficient (Wildman–Crippen LogP) is 2.79. The molecule has 1 aromatic heterocycles. The van der Waals surface area contributed by atoms with Crippen molar-refractivity contribution in [2.24, 2.45) is 0 Å². The summed E-state index contributed by atoms with van der Waals surface area (Å²) >= 11 is 1.55. The first kappa shape index (κ1) is 17.7. The van der Waals surface area contributed by atoms with Gasteiger partial charge in [0.15, 0.2) is 5.13 Å². The molecule has 1 saturated heterocycles. The molecule has 7 heteroatoms. The third-order valence-corrected chi connectivity index (χ3v) is 5.14. The highest BCUT2D eigenvalue weighted by atomic mass is 32.1. The molecule has 1 aromatic rings. The molecule has 1 fully saturated rings. The molecule has 0 aliphatic carbocycles. The van der Waals surface area contributed by atoms with Crippen molar-refractivity contribution in [2.45, 2.75) is 58.9 Å². The second kappa shape index (κ2) is 8.29. The van der Waals surface area contributed by atoms with Crippen molar-refractivity contribution in [1.82, 2.24) is 15.2 Å². The minimum Gasteiger partial charge on any atom is -0.341 e. The van der Waals surface area contributed by atoms with Gasteiger partial charge in [-0.25, -0.2) is 9.78 Å². The predicted molar refractivity (Wildman–Crippen MR) is 92.9 cm³/mol. The minimum atomic E-state index is -0.236. The van der Waals surface area contributed by atoms with Crippen LogP contribution in [-0.2, 0) is 17.6 Å². The lowest BCUT2D eigenvalue weighted by molar-refractivity contribution is -0.129. The number of nitrogens with zero attached hydrogens (tertiary/aromatic N) is 2. The number of hydrogen-bond donors (Lipinski definition) is 2. The van der Waals surface area contributed by atoms with Crippen LogP contribution in [0.3, 0.4) is 0 Å². The van der Waals surface area contributed by atoms with E-state index in [4.69, 9.17) is 0 Å². The largest absolute Gasteiger partial charge is 0.341 e. The molecular weight excluding hydrogens is 312 g/mol. The van der Waals surface area contributed by atoms with Crippen LogP contribution in [0, 0.1) is 0 Å². The second-order valence-corrected chi connectivity index (χ2v) is 6.85. The topological polar surface area (TPSA) is 74.3 Å². The van der Waals surface area contributed by atoms with Gasteiger partial charge in [-0.15, -0.1) is 11.3 Å². The van der Waals surface area contributed by atoms with E-state index in [1.54, 1.807) is 11.3 Å². The van der Waals surface area contributed by atoms with Gasteiger partial charge >= 0.3 is 6.03 Å². The van der Waals surface area contributed by atoms with Crippen LogP contribution in [0.2, 0.25) is 0 Å². The zero-order valence-corrected chi connectivity index (χ0v) is 15.0. The standard InChI is InChI=1S/C16H26N4O2S/c1-4-7-12-13(5-2)23-16(18-12)19-15(22)17-11-8-9-20(10-11)14(21)6-3/h11H,4-10H2,1-3H3,(H2,17,18,19,22)/t11-/m0/s1. The molecular formula is C16H26N4O2S. The number of carbonyl (C=O) groups is 2. The Morgan fingerprint density at radius 3 is 2.78 bits per heavy atom. The van der Waals surface area contributed by atoms with Crippen molar-refractivity contribution < 1.29 is 9.59 Å². The van der Waals surface area contributed by atoms with Crippen LogP contribution in [0.25, 0.3) is 0 Å². The molecule has 6 nitrogen and oxygen atoms in total. The van der Waals surface area contributed by atoms with E-state index in [1.807, 2.05) is 11.8 Å². The van der Waals surface area contributed by atoms with E-state index in [9.17, 15) is 9.59 Å². The number of likely N-dealkylation sites (tertiary alicyclic amines) is 1. The molecule has 128 valence electrons. The molecule has 2 N–H and O–H groups in total. The third-order valence-electron chi connectivity index (χ3n) is 3.99. The number of aromatic nitrogens is 1. The third kappa shape index (κ3) is 4.67. The van der Waals surface area contributed by atoms with Crippen molar-refractivity contribution in [3.8, 4) is 0 Å². The number of aryl methyl sites for hydroxylation is 2. The lowest BCUT2D eigenvalue weighted by Gasteiger charge is -2.16. The fourth-order valence-electron chi connectivity index (χ4n) is 2.79. The summed E-state index contributed by atoms with van der Waals surface area (Å²) in [7, 11) is 0. The van der Waals surface area contributed by atoms with Crippen molar-refractivity contribution >= 4 is 28.4 Å². The number of anilines is 1. The van der Waals surface area contributed by atoms with Crippen LogP contribution >= 0.6 is 11.3 Å². The quantitative estimate of drug-likeness (QED) is 0.837. The molecule has 2 rings (SSSR count). The van der Waals surface area contributed by atoms with Crippen LogP contribution < -0.4 is 10.6 Å². The molecule has 0 bridgehead atoms. The summed E-state index contributed by atoms with van der Waals surface area (Å²) in [6.45, 7) is 7.41. The molecule has 2 heterocycles. The van der Waals surface area contributed by atoms with E-state index in [1.165, 1.54) is 4.88 Å². The molecule has 0 saturated carbocycles. The summed E-state index contributed by atoms with van der Waals surface area (Å²) in [6.07, 6.45) is 4.24. The maximum Gasteiger partial charge on any atom is 0.321 e. The summed E-state index contributed by atoms with van der Waals surface area (Å²) < 4.78 is 0. The number of nitrogens with one attached hydrogen (secondary N) is 2. The highest BCUT2D eigenvalue weighted by Crippen LogP contribution is 2.24. The van der Waals surface area contributed by atoms with Gasteiger partial charge in [0.2, 0.25) is 5.91 Å². The Bertz CT molecular complexity index is 558. The van der Waals surface area contributed by atoms with E-state index < -0.39 is 0 Å². The number of amides is 3. The fraction of sp³-hybridized carbons (Fsp3) is 0.688. The van der Waals surface area contributed by atoms with Crippen LogP contribution in [0.15, 0.2) is 0 Å². The zero-order valence-electron chi connectivity index (χ0n) is 14.1. The van der Waals surface area contributed by atoms with E-state index in [-0.39, 0.29) is 18.0 Å². The Morgan fingerprint density at radius 1 is 1.35 bits per heavy atom. The average Bonchev–Trinajstić information content (AvgIpc) is 3.13. The maximum absolute atomic E-state index is 12.1. The summed E-state index contributed by atoms with van der Waals surface area (Å²) in [4.78, 5) is 31.4. The number of thiazole rings is 1. The summed E-state index contributed by atoms with van der Waals surface area (Å²) in [5.41, 5.74) is 1.09. The second-order valence-electron chi connectivity index (χ2n) is 5.77. The highest BCUT2D eigenvalue weighted by Gasteiger charge is 2.26. The minimum absolute atomic E-state index is 0.0196. The van der Waals surface area contributed by atoms with Gasteiger partial charge in [-0.05, 0) is 19.3 Å². The Labute approximate surface area is 141 Å². The van der Waals surface area contributed by atoms with Gasteiger partial charge in [-0.3, -0.25) is 10.1 Å². The summed E-state index contributed by atoms with van der Waals surface area (Å²) in [6, 6.07) is -0.216. The van der Waals surface area contributed by atoms with Gasteiger partial charge in [0.25, 0.3) is 0 Å². The van der Waals surface area contributed by atoms with Crippen molar-refractivity contribution in [3.63, 3.8) is 0 Å². The number of carbonyl (C=O) groups excluding carboxylic acids is 2. The lowest BCUT2D eigenvalue weighted by Crippen LogP contribution is -2.40. The van der Waals surface area contributed by atoms with E-state index in [2.05, 4.69) is 29.5 Å². The average molecular weight is 338 g/mol. The molecule has 0 unspecified atom stereocenters.